The lowest BCUT2D eigenvalue weighted by Crippen LogP contribution is -2.11. The number of amides is 1. The highest BCUT2D eigenvalue weighted by Gasteiger charge is 2.05. The second kappa shape index (κ2) is 8.28. The third kappa shape index (κ3) is 5.54. The van der Waals surface area contributed by atoms with Gasteiger partial charge < -0.3 is 10.4 Å². The molecule has 4 heteroatoms. The van der Waals surface area contributed by atoms with Crippen molar-refractivity contribution in [2.45, 2.75) is 32.6 Å². The molecule has 1 aromatic rings. The van der Waals surface area contributed by atoms with E-state index in [2.05, 4.69) is 24.1 Å². The first kappa shape index (κ1) is 15.2. The molecule has 0 radical (unpaired) electrons. The summed E-state index contributed by atoms with van der Waals surface area (Å²) in [5, 5.41) is 11.3. The summed E-state index contributed by atoms with van der Waals surface area (Å²) in [7, 11) is 0. The van der Waals surface area contributed by atoms with Crippen LogP contribution in [0.15, 0.2) is 18.2 Å². The predicted molar refractivity (Wildman–Crippen MR) is 73.1 cm³/mol. The molecule has 102 valence electrons. The van der Waals surface area contributed by atoms with Gasteiger partial charge >= 0.3 is 0 Å². The van der Waals surface area contributed by atoms with Crippen LogP contribution in [-0.4, -0.2) is 17.6 Å². The average Bonchev–Trinajstić information content (AvgIpc) is 2.39. The number of hydrogen-bond acceptors (Lipinski definition) is 2. The molecule has 1 amide bonds. The van der Waals surface area contributed by atoms with Gasteiger partial charge in [-0.15, -0.1) is 0 Å². The smallest absolute Gasteiger partial charge is 0.224 e. The SMILES string of the molecule is CCCCCC(=O)Nc1ccc(F)c(C#CCO)c1. The Morgan fingerprint density at radius 2 is 2.21 bits per heavy atom. The van der Waals surface area contributed by atoms with Gasteiger partial charge in [-0.2, -0.15) is 0 Å². The first-order valence-electron chi connectivity index (χ1n) is 6.36. The quantitative estimate of drug-likeness (QED) is 0.634. The van der Waals surface area contributed by atoms with Crippen LogP contribution in [0.25, 0.3) is 0 Å². The first-order valence-corrected chi connectivity index (χ1v) is 6.36. The first-order chi connectivity index (χ1) is 9.17. The monoisotopic (exact) mass is 263 g/mol. The maximum atomic E-state index is 13.4. The van der Waals surface area contributed by atoms with Crippen LogP contribution in [0.5, 0.6) is 0 Å². The molecule has 1 aromatic carbocycles. The van der Waals surface area contributed by atoms with Gasteiger partial charge in [0, 0.05) is 12.1 Å². The lowest BCUT2D eigenvalue weighted by molar-refractivity contribution is -0.116. The number of unbranched alkanes of at least 4 members (excludes halogenated alkanes) is 2. The highest BCUT2D eigenvalue weighted by atomic mass is 19.1. The molecule has 0 saturated heterocycles. The number of carbonyl (C=O) groups is 1. The van der Waals surface area contributed by atoms with Gasteiger partial charge in [-0.3, -0.25) is 4.79 Å². The fourth-order valence-electron chi connectivity index (χ4n) is 1.59. The van der Waals surface area contributed by atoms with Crippen molar-refractivity contribution in [3.63, 3.8) is 0 Å². The van der Waals surface area contributed by atoms with Crippen molar-refractivity contribution in [3.05, 3.63) is 29.6 Å². The van der Waals surface area contributed by atoms with E-state index in [1.165, 1.54) is 18.2 Å². The van der Waals surface area contributed by atoms with Gasteiger partial charge in [0.05, 0.1) is 5.56 Å². The van der Waals surface area contributed by atoms with Crippen molar-refractivity contribution in [1.29, 1.82) is 0 Å². The molecule has 0 saturated carbocycles. The largest absolute Gasteiger partial charge is 0.384 e. The summed E-state index contributed by atoms with van der Waals surface area (Å²) in [6, 6.07) is 4.22. The number of halogens is 1. The third-order valence-corrected chi connectivity index (χ3v) is 2.56. The predicted octanol–water partition coefficient (Wildman–Crippen LogP) is 2.69. The van der Waals surface area contributed by atoms with E-state index in [1.54, 1.807) is 0 Å². The molecular formula is C15H18FNO2. The number of benzene rings is 1. The standard InChI is InChI=1S/C15H18FNO2/c1-2-3-4-7-15(19)17-13-8-9-14(16)12(11-13)6-5-10-18/h8-9,11,18H,2-4,7,10H2,1H3,(H,17,19). The molecule has 0 aliphatic carbocycles. The van der Waals surface area contributed by atoms with Gasteiger partial charge in [0.15, 0.2) is 0 Å². The van der Waals surface area contributed by atoms with E-state index in [0.29, 0.717) is 12.1 Å². The molecule has 3 nitrogen and oxygen atoms in total. The Morgan fingerprint density at radius 1 is 1.42 bits per heavy atom. The number of rotatable bonds is 5. The summed E-state index contributed by atoms with van der Waals surface area (Å²) >= 11 is 0. The van der Waals surface area contributed by atoms with E-state index in [4.69, 9.17) is 5.11 Å². The second-order valence-corrected chi connectivity index (χ2v) is 4.16. The van der Waals surface area contributed by atoms with E-state index in [0.717, 1.165) is 19.3 Å². The van der Waals surface area contributed by atoms with Crippen LogP contribution in [0, 0.1) is 17.7 Å². The van der Waals surface area contributed by atoms with Crippen LogP contribution in [-0.2, 0) is 4.79 Å². The zero-order valence-electron chi connectivity index (χ0n) is 11.0. The minimum Gasteiger partial charge on any atom is -0.384 e. The van der Waals surface area contributed by atoms with Gasteiger partial charge in [-0.25, -0.2) is 4.39 Å². The minimum absolute atomic E-state index is 0.0823. The van der Waals surface area contributed by atoms with Gasteiger partial charge in [0.25, 0.3) is 0 Å². The van der Waals surface area contributed by atoms with E-state index >= 15 is 0 Å². The number of hydrogen-bond donors (Lipinski definition) is 2. The molecule has 0 spiro atoms. The van der Waals surface area contributed by atoms with Crippen LogP contribution in [0.2, 0.25) is 0 Å². The normalized spacial score (nSPS) is 9.63. The van der Waals surface area contributed by atoms with Crippen LogP contribution < -0.4 is 5.32 Å². The van der Waals surface area contributed by atoms with Crippen molar-refractivity contribution < 1.29 is 14.3 Å². The Bertz CT molecular complexity index is 489. The van der Waals surface area contributed by atoms with Crippen LogP contribution in [0.4, 0.5) is 10.1 Å². The zero-order chi connectivity index (χ0) is 14.1. The van der Waals surface area contributed by atoms with Crippen molar-refractivity contribution in [1.82, 2.24) is 0 Å². The molecule has 2 N–H and O–H groups in total. The Morgan fingerprint density at radius 3 is 2.89 bits per heavy atom. The summed E-state index contributed by atoms with van der Waals surface area (Å²) < 4.78 is 13.4. The highest BCUT2D eigenvalue weighted by molar-refractivity contribution is 5.90. The Labute approximate surface area is 112 Å². The number of anilines is 1. The van der Waals surface area contributed by atoms with E-state index < -0.39 is 5.82 Å². The van der Waals surface area contributed by atoms with Crippen molar-refractivity contribution in [2.24, 2.45) is 0 Å². The molecule has 0 unspecified atom stereocenters. The molecule has 19 heavy (non-hydrogen) atoms. The molecule has 0 aliphatic heterocycles. The number of nitrogens with one attached hydrogen (secondary N) is 1. The van der Waals surface area contributed by atoms with Crippen molar-refractivity contribution >= 4 is 11.6 Å². The van der Waals surface area contributed by atoms with Crippen molar-refractivity contribution in [3.8, 4) is 11.8 Å². The molecule has 0 bridgehead atoms. The summed E-state index contributed by atoms with van der Waals surface area (Å²) in [5.74, 6) is 4.33. The Kier molecular flexibility index (Phi) is 6.62. The molecule has 0 heterocycles. The van der Waals surface area contributed by atoms with Crippen LogP contribution >= 0.6 is 0 Å². The number of aliphatic hydroxyl groups is 1. The molecule has 1 rings (SSSR count). The molecule has 0 fully saturated rings. The van der Waals surface area contributed by atoms with E-state index in [-0.39, 0.29) is 18.1 Å². The number of carbonyl (C=O) groups excluding carboxylic acids is 1. The maximum Gasteiger partial charge on any atom is 0.224 e. The highest BCUT2D eigenvalue weighted by Crippen LogP contribution is 2.14. The van der Waals surface area contributed by atoms with Crippen LogP contribution in [0.3, 0.4) is 0 Å². The molecule has 0 atom stereocenters. The zero-order valence-corrected chi connectivity index (χ0v) is 11.0. The summed E-state index contributed by atoms with van der Waals surface area (Å²) in [6.45, 7) is 1.75. The average molecular weight is 263 g/mol. The summed E-state index contributed by atoms with van der Waals surface area (Å²) in [4.78, 5) is 11.6. The maximum absolute atomic E-state index is 13.4. The molecule has 0 aliphatic rings. The second-order valence-electron chi connectivity index (χ2n) is 4.16. The Hall–Kier alpha value is -1.86. The van der Waals surface area contributed by atoms with Crippen LogP contribution in [0.1, 0.15) is 38.2 Å². The summed E-state index contributed by atoms with van der Waals surface area (Å²) in [6.07, 6.45) is 3.39. The fraction of sp³-hybridized carbons (Fsp3) is 0.400. The fourth-order valence-corrected chi connectivity index (χ4v) is 1.59. The van der Waals surface area contributed by atoms with Gasteiger partial charge in [0.1, 0.15) is 12.4 Å². The van der Waals surface area contributed by atoms with Gasteiger partial charge in [-0.1, -0.05) is 31.6 Å². The van der Waals surface area contributed by atoms with E-state index in [9.17, 15) is 9.18 Å². The minimum atomic E-state index is -0.468. The number of aliphatic hydroxyl groups excluding tert-OH is 1. The summed E-state index contributed by atoms with van der Waals surface area (Å²) in [5.41, 5.74) is 0.686. The lowest BCUT2D eigenvalue weighted by Gasteiger charge is -2.06. The lowest BCUT2D eigenvalue weighted by atomic mass is 10.1. The molecular weight excluding hydrogens is 245 g/mol. The topological polar surface area (TPSA) is 49.3 Å². The Balaban J connectivity index is 2.66. The molecule has 0 aromatic heterocycles. The van der Waals surface area contributed by atoms with Gasteiger partial charge in [-0.05, 0) is 24.6 Å². The third-order valence-electron chi connectivity index (χ3n) is 2.56. The van der Waals surface area contributed by atoms with Gasteiger partial charge in [0.2, 0.25) is 5.91 Å². The van der Waals surface area contributed by atoms with E-state index in [1.807, 2.05) is 0 Å². The van der Waals surface area contributed by atoms with Crippen molar-refractivity contribution in [2.75, 3.05) is 11.9 Å².